The van der Waals surface area contributed by atoms with Crippen molar-refractivity contribution in [2.45, 2.75) is 46.6 Å². The zero-order valence-electron chi connectivity index (χ0n) is 12.4. The van der Waals surface area contributed by atoms with Crippen LogP contribution in [0.3, 0.4) is 0 Å². The van der Waals surface area contributed by atoms with E-state index in [1.54, 1.807) is 32.9 Å². The molecule has 0 aliphatic heterocycles. The number of amides is 1. The molecule has 1 atom stereocenters. The zero-order valence-corrected chi connectivity index (χ0v) is 12.4. The molecular formula is C14H25NO4. The molecule has 1 amide bonds. The molecule has 0 aromatic heterocycles. The number of hydrogen-bond acceptors (Lipinski definition) is 3. The Morgan fingerprint density at radius 2 is 1.89 bits per heavy atom. The molecule has 19 heavy (non-hydrogen) atoms. The van der Waals surface area contributed by atoms with Gasteiger partial charge in [0.15, 0.2) is 0 Å². The molecule has 110 valence electrons. The lowest BCUT2D eigenvalue weighted by molar-refractivity contribution is -0.140. The Bertz CT molecular complexity index is 329. The van der Waals surface area contributed by atoms with Crippen molar-refractivity contribution in [2.24, 2.45) is 11.8 Å². The van der Waals surface area contributed by atoms with Crippen LogP contribution in [0.15, 0.2) is 12.2 Å². The Morgan fingerprint density at radius 3 is 2.32 bits per heavy atom. The summed E-state index contributed by atoms with van der Waals surface area (Å²) in [6, 6.07) is 0. The summed E-state index contributed by atoms with van der Waals surface area (Å²) < 4.78 is 5.06. The molecule has 0 aromatic carbocycles. The second-order valence-electron chi connectivity index (χ2n) is 5.89. The van der Waals surface area contributed by atoms with E-state index in [0.717, 1.165) is 0 Å². The minimum absolute atomic E-state index is 0.261. The molecule has 0 unspecified atom stereocenters. The summed E-state index contributed by atoms with van der Waals surface area (Å²) in [5.41, 5.74) is -0.533. The van der Waals surface area contributed by atoms with Crippen LogP contribution in [-0.4, -0.2) is 29.3 Å². The first-order valence-corrected chi connectivity index (χ1v) is 6.48. The fourth-order valence-electron chi connectivity index (χ4n) is 1.46. The number of carbonyl (C=O) groups is 2. The fourth-order valence-corrected chi connectivity index (χ4v) is 1.46. The monoisotopic (exact) mass is 271 g/mol. The average Bonchev–Trinajstić information content (AvgIpc) is 2.19. The summed E-state index contributed by atoms with van der Waals surface area (Å²) in [4.78, 5) is 22.3. The van der Waals surface area contributed by atoms with Crippen molar-refractivity contribution in [1.82, 2.24) is 5.32 Å². The topological polar surface area (TPSA) is 75.6 Å². The maximum Gasteiger partial charge on any atom is 0.407 e. The third-order valence-electron chi connectivity index (χ3n) is 2.17. The van der Waals surface area contributed by atoms with Crippen LogP contribution in [0, 0.1) is 11.8 Å². The highest BCUT2D eigenvalue weighted by molar-refractivity contribution is 5.72. The van der Waals surface area contributed by atoms with Gasteiger partial charge in [-0.25, -0.2) is 4.79 Å². The molecule has 2 N–H and O–H groups in total. The number of carboxylic acids is 1. The van der Waals surface area contributed by atoms with Crippen molar-refractivity contribution < 1.29 is 19.4 Å². The van der Waals surface area contributed by atoms with Gasteiger partial charge in [0.25, 0.3) is 0 Å². The van der Waals surface area contributed by atoms with Gasteiger partial charge < -0.3 is 15.2 Å². The summed E-state index contributed by atoms with van der Waals surface area (Å²) in [5, 5.41) is 11.6. The van der Waals surface area contributed by atoms with Gasteiger partial charge in [0.05, 0.1) is 5.92 Å². The average molecular weight is 271 g/mol. The lowest BCUT2D eigenvalue weighted by atomic mass is 9.97. The van der Waals surface area contributed by atoms with Crippen molar-refractivity contribution >= 4 is 12.1 Å². The van der Waals surface area contributed by atoms with Crippen LogP contribution in [0.2, 0.25) is 0 Å². The van der Waals surface area contributed by atoms with Crippen molar-refractivity contribution in [3.05, 3.63) is 12.2 Å². The van der Waals surface area contributed by atoms with Crippen LogP contribution < -0.4 is 5.32 Å². The standard InChI is InChI=1S/C14H25NO4/c1-10(2)9-11(12(16)17)7-6-8-15-13(18)19-14(3,4)5/h6-7,10-11H,8-9H2,1-5H3,(H,15,18)(H,16,17)/b7-6+/t11-/m0/s1. The minimum Gasteiger partial charge on any atom is -0.481 e. The quantitative estimate of drug-likeness (QED) is 0.728. The van der Waals surface area contributed by atoms with Gasteiger partial charge in [-0.2, -0.15) is 0 Å². The van der Waals surface area contributed by atoms with E-state index >= 15 is 0 Å². The maximum absolute atomic E-state index is 11.3. The maximum atomic E-state index is 11.3. The molecule has 0 rings (SSSR count). The minimum atomic E-state index is -0.845. The molecule has 0 saturated carbocycles. The normalized spacial score (nSPS) is 13.6. The SMILES string of the molecule is CC(C)C[C@H](/C=C/CNC(=O)OC(C)(C)C)C(=O)O. The first-order valence-electron chi connectivity index (χ1n) is 6.48. The molecule has 5 nitrogen and oxygen atoms in total. The van der Waals surface area contributed by atoms with Crippen molar-refractivity contribution in [1.29, 1.82) is 0 Å². The number of nitrogens with one attached hydrogen (secondary N) is 1. The summed E-state index contributed by atoms with van der Waals surface area (Å²) in [5.74, 6) is -1.05. The molecule has 0 radical (unpaired) electrons. The van der Waals surface area contributed by atoms with E-state index in [1.807, 2.05) is 13.8 Å². The predicted molar refractivity (Wildman–Crippen MR) is 74.0 cm³/mol. The number of rotatable bonds is 6. The molecule has 0 spiro atoms. The number of carboxylic acid groups (broad SMARTS) is 1. The Hall–Kier alpha value is -1.52. The van der Waals surface area contributed by atoms with Gasteiger partial charge in [-0.3, -0.25) is 4.79 Å². The third kappa shape index (κ3) is 10.1. The van der Waals surface area contributed by atoms with Gasteiger partial charge in [0.1, 0.15) is 5.60 Å². The van der Waals surface area contributed by atoms with Gasteiger partial charge in [-0.05, 0) is 33.1 Å². The molecule has 0 heterocycles. The van der Waals surface area contributed by atoms with Gasteiger partial charge in [0, 0.05) is 6.54 Å². The summed E-state index contributed by atoms with van der Waals surface area (Å²) in [6.07, 6.45) is 3.33. The smallest absolute Gasteiger partial charge is 0.407 e. The van der Waals surface area contributed by atoms with Crippen molar-refractivity contribution in [2.75, 3.05) is 6.54 Å². The first-order chi connectivity index (χ1) is 8.61. The fraction of sp³-hybridized carbons (Fsp3) is 0.714. The Balaban J connectivity index is 4.12. The van der Waals surface area contributed by atoms with Crippen molar-refractivity contribution in [3.8, 4) is 0 Å². The second-order valence-corrected chi connectivity index (χ2v) is 5.89. The molecular weight excluding hydrogens is 246 g/mol. The lowest BCUT2D eigenvalue weighted by Crippen LogP contribution is -2.32. The van der Waals surface area contributed by atoms with Gasteiger partial charge >= 0.3 is 12.1 Å². The third-order valence-corrected chi connectivity index (χ3v) is 2.17. The first kappa shape index (κ1) is 17.5. The van der Waals surface area contributed by atoms with E-state index < -0.39 is 23.6 Å². The van der Waals surface area contributed by atoms with Crippen LogP contribution in [0.4, 0.5) is 4.79 Å². The van der Waals surface area contributed by atoms with Gasteiger partial charge in [-0.15, -0.1) is 0 Å². The lowest BCUT2D eigenvalue weighted by Gasteiger charge is -2.19. The van der Waals surface area contributed by atoms with E-state index in [0.29, 0.717) is 12.3 Å². The van der Waals surface area contributed by atoms with Crippen LogP contribution in [-0.2, 0) is 9.53 Å². The van der Waals surface area contributed by atoms with Crippen molar-refractivity contribution in [3.63, 3.8) is 0 Å². The molecule has 0 bridgehead atoms. The van der Waals surface area contributed by atoms with Crippen LogP contribution in [0.1, 0.15) is 41.0 Å². The number of alkyl carbamates (subject to hydrolysis) is 1. The molecule has 0 aliphatic carbocycles. The number of carbonyl (C=O) groups excluding carboxylic acids is 1. The highest BCUT2D eigenvalue weighted by atomic mass is 16.6. The molecule has 0 aliphatic rings. The molecule has 0 aromatic rings. The van der Waals surface area contributed by atoms with E-state index in [1.165, 1.54) is 0 Å². The Morgan fingerprint density at radius 1 is 1.32 bits per heavy atom. The van der Waals surface area contributed by atoms with E-state index in [-0.39, 0.29) is 6.54 Å². The second kappa shape index (κ2) is 7.81. The van der Waals surface area contributed by atoms with E-state index in [4.69, 9.17) is 9.84 Å². The van der Waals surface area contributed by atoms with E-state index in [2.05, 4.69) is 5.32 Å². The molecule has 0 saturated heterocycles. The predicted octanol–water partition coefficient (Wildman–Crippen LogP) is 2.81. The Labute approximate surface area is 115 Å². The van der Waals surface area contributed by atoms with Gasteiger partial charge in [0.2, 0.25) is 0 Å². The Kier molecular flexibility index (Phi) is 7.19. The summed E-state index contributed by atoms with van der Waals surface area (Å²) >= 11 is 0. The number of aliphatic carboxylic acids is 1. The number of hydrogen-bond donors (Lipinski definition) is 2. The molecule has 5 heteroatoms. The summed E-state index contributed by atoms with van der Waals surface area (Å²) in [7, 11) is 0. The summed E-state index contributed by atoms with van der Waals surface area (Å²) in [6.45, 7) is 9.56. The largest absolute Gasteiger partial charge is 0.481 e. The highest BCUT2D eigenvalue weighted by Crippen LogP contribution is 2.13. The molecule has 0 fully saturated rings. The van der Waals surface area contributed by atoms with Gasteiger partial charge in [-0.1, -0.05) is 26.0 Å². The zero-order chi connectivity index (χ0) is 15.1. The van der Waals surface area contributed by atoms with E-state index in [9.17, 15) is 9.59 Å². The van der Waals surface area contributed by atoms with Crippen LogP contribution in [0.25, 0.3) is 0 Å². The highest BCUT2D eigenvalue weighted by Gasteiger charge is 2.16. The number of ether oxygens (including phenoxy) is 1. The van der Waals surface area contributed by atoms with Crippen LogP contribution >= 0.6 is 0 Å². The van der Waals surface area contributed by atoms with Crippen LogP contribution in [0.5, 0.6) is 0 Å².